The third-order valence-corrected chi connectivity index (χ3v) is 4.52. The SMILES string of the molecule is CCCCCCCS(=O)(=O)NCCCCCCC#N. The molecule has 0 aliphatic rings. The van der Waals surface area contributed by atoms with Gasteiger partial charge in [-0.05, 0) is 19.3 Å². The van der Waals surface area contributed by atoms with E-state index in [0.29, 0.717) is 13.0 Å². The summed E-state index contributed by atoms with van der Waals surface area (Å²) in [6.07, 6.45) is 9.63. The Bertz CT molecular complexity index is 334. The fourth-order valence-electron chi connectivity index (χ4n) is 1.88. The van der Waals surface area contributed by atoms with Gasteiger partial charge >= 0.3 is 0 Å². The van der Waals surface area contributed by atoms with Gasteiger partial charge in [0.05, 0.1) is 11.8 Å². The van der Waals surface area contributed by atoms with Crippen molar-refractivity contribution in [1.82, 2.24) is 4.72 Å². The van der Waals surface area contributed by atoms with Gasteiger partial charge < -0.3 is 0 Å². The van der Waals surface area contributed by atoms with E-state index >= 15 is 0 Å². The molecule has 0 aromatic rings. The van der Waals surface area contributed by atoms with Gasteiger partial charge in [-0.15, -0.1) is 0 Å². The molecule has 0 atom stereocenters. The van der Waals surface area contributed by atoms with Crippen molar-refractivity contribution < 1.29 is 8.42 Å². The van der Waals surface area contributed by atoms with E-state index in [1.54, 1.807) is 0 Å². The van der Waals surface area contributed by atoms with Crippen LogP contribution in [0, 0.1) is 11.3 Å². The van der Waals surface area contributed by atoms with Crippen molar-refractivity contribution in [3.8, 4) is 6.07 Å². The molecule has 1 N–H and O–H groups in total. The molecule has 0 bridgehead atoms. The number of nitriles is 1. The molecule has 0 fully saturated rings. The van der Waals surface area contributed by atoms with Gasteiger partial charge in [-0.2, -0.15) is 5.26 Å². The van der Waals surface area contributed by atoms with E-state index in [9.17, 15) is 8.42 Å². The molecule has 5 heteroatoms. The van der Waals surface area contributed by atoms with E-state index in [0.717, 1.165) is 44.9 Å². The minimum atomic E-state index is -3.07. The average Bonchev–Trinajstić information content (AvgIpc) is 2.37. The van der Waals surface area contributed by atoms with Gasteiger partial charge in [-0.1, -0.05) is 45.4 Å². The molecule has 0 aliphatic heterocycles. The lowest BCUT2D eigenvalue weighted by Crippen LogP contribution is -2.27. The van der Waals surface area contributed by atoms with Crippen LogP contribution >= 0.6 is 0 Å². The average molecular weight is 288 g/mol. The Balaban J connectivity index is 3.44. The van der Waals surface area contributed by atoms with E-state index in [1.165, 1.54) is 12.8 Å². The first-order valence-corrected chi connectivity index (χ1v) is 9.12. The Labute approximate surface area is 118 Å². The first-order chi connectivity index (χ1) is 9.12. The Morgan fingerprint density at radius 1 is 0.947 bits per heavy atom. The molecule has 0 heterocycles. The molecule has 0 saturated heterocycles. The first-order valence-electron chi connectivity index (χ1n) is 7.46. The van der Waals surface area contributed by atoms with Crippen LogP contribution in [0.25, 0.3) is 0 Å². The maximum absolute atomic E-state index is 11.6. The molecule has 0 spiro atoms. The van der Waals surface area contributed by atoms with E-state index in [-0.39, 0.29) is 5.75 Å². The van der Waals surface area contributed by atoms with Crippen molar-refractivity contribution in [2.45, 2.75) is 71.1 Å². The zero-order chi connectivity index (χ0) is 14.4. The van der Waals surface area contributed by atoms with Crippen molar-refractivity contribution in [3.63, 3.8) is 0 Å². The molecule has 19 heavy (non-hydrogen) atoms. The number of sulfonamides is 1. The third-order valence-electron chi connectivity index (χ3n) is 3.05. The predicted molar refractivity (Wildman–Crippen MR) is 79.2 cm³/mol. The Hall–Kier alpha value is -0.600. The van der Waals surface area contributed by atoms with Crippen molar-refractivity contribution in [3.05, 3.63) is 0 Å². The summed E-state index contributed by atoms with van der Waals surface area (Å²) in [6, 6.07) is 2.11. The van der Waals surface area contributed by atoms with Gasteiger partial charge in [0.1, 0.15) is 0 Å². The highest BCUT2D eigenvalue weighted by Gasteiger charge is 2.08. The van der Waals surface area contributed by atoms with Crippen LogP contribution in [0.3, 0.4) is 0 Å². The van der Waals surface area contributed by atoms with Crippen LogP contribution in [-0.2, 0) is 10.0 Å². The molecule has 0 aliphatic carbocycles. The first kappa shape index (κ1) is 18.4. The topological polar surface area (TPSA) is 70.0 Å². The summed E-state index contributed by atoms with van der Waals surface area (Å²) in [5, 5.41) is 8.37. The Kier molecular flexibility index (Phi) is 12.0. The maximum Gasteiger partial charge on any atom is 0.211 e. The molecule has 0 aromatic heterocycles. The number of nitrogens with zero attached hydrogens (tertiary/aromatic N) is 1. The zero-order valence-corrected chi connectivity index (χ0v) is 13.0. The van der Waals surface area contributed by atoms with Crippen LogP contribution < -0.4 is 4.72 Å². The van der Waals surface area contributed by atoms with Crippen LogP contribution in [0.1, 0.15) is 71.1 Å². The van der Waals surface area contributed by atoms with Crippen LogP contribution in [0.15, 0.2) is 0 Å². The van der Waals surface area contributed by atoms with Gasteiger partial charge in [-0.25, -0.2) is 13.1 Å². The molecular weight excluding hydrogens is 260 g/mol. The quantitative estimate of drug-likeness (QED) is 0.528. The highest BCUT2D eigenvalue weighted by Crippen LogP contribution is 2.05. The highest BCUT2D eigenvalue weighted by molar-refractivity contribution is 7.89. The maximum atomic E-state index is 11.6. The molecule has 0 rings (SSSR count). The van der Waals surface area contributed by atoms with Crippen LogP contribution in [0.4, 0.5) is 0 Å². The van der Waals surface area contributed by atoms with Crippen LogP contribution in [-0.4, -0.2) is 20.7 Å². The lowest BCUT2D eigenvalue weighted by molar-refractivity contribution is 0.565. The van der Waals surface area contributed by atoms with Crippen molar-refractivity contribution in [2.75, 3.05) is 12.3 Å². The summed E-state index contributed by atoms with van der Waals surface area (Å²) in [6.45, 7) is 2.68. The molecule has 0 aromatic carbocycles. The Morgan fingerprint density at radius 3 is 2.26 bits per heavy atom. The zero-order valence-electron chi connectivity index (χ0n) is 12.2. The normalized spacial score (nSPS) is 11.4. The summed E-state index contributed by atoms with van der Waals surface area (Å²) < 4.78 is 25.9. The number of rotatable bonds is 13. The van der Waals surface area contributed by atoms with Gasteiger partial charge in [-0.3, -0.25) is 0 Å². The summed E-state index contributed by atoms with van der Waals surface area (Å²) >= 11 is 0. The van der Waals surface area contributed by atoms with Gasteiger partial charge in [0.25, 0.3) is 0 Å². The summed E-state index contributed by atoms with van der Waals surface area (Å²) in [5.41, 5.74) is 0. The van der Waals surface area contributed by atoms with Gasteiger partial charge in [0.2, 0.25) is 10.0 Å². The molecule has 0 radical (unpaired) electrons. The molecule has 0 saturated carbocycles. The van der Waals surface area contributed by atoms with Crippen molar-refractivity contribution >= 4 is 10.0 Å². The number of unbranched alkanes of at least 4 members (excludes halogenated alkanes) is 8. The smallest absolute Gasteiger partial charge is 0.211 e. The highest BCUT2D eigenvalue weighted by atomic mass is 32.2. The summed E-state index contributed by atoms with van der Waals surface area (Å²) in [4.78, 5) is 0. The second-order valence-corrected chi connectivity index (χ2v) is 6.88. The summed E-state index contributed by atoms with van der Waals surface area (Å²) in [5.74, 6) is 0.255. The van der Waals surface area contributed by atoms with E-state index in [2.05, 4.69) is 17.7 Å². The molecule has 112 valence electrons. The molecular formula is C14H28N2O2S. The largest absolute Gasteiger partial charge is 0.215 e. The molecule has 0 amide bonds. The number of nitrogens with one attached hydrogen (secondary N) is 1. The van der Waals surface area contributed by atoms with Crippen molar-refractivity contribution in [2.24, 2.45) is 0 Å². The van der Waals surface area contributed by atoms with Crippen LogP contribution in [0.2, 0.25) is 0 Å². The standard InChI is InChI=1S/C14H28N2O2S/c1-2-3-4-8-11-14-19(17,18)16-13-10-7-5-6-9-12-15/h16H,2-11,13-14H2,1H3. The monoisotopic (exact) mass is 288 g/mol. The number of hydrogen-bond donors (Lipinski definition) is 1. The lowest BCUT2D eigenvalue weighted by Gasteiger charge is -2.06. The second kappa shape index (κ2) is 12.4. The minimum absolute atomic E-state index is 0.255. The lowest BCUT2D eigenvalue weighted by atomic mass is 10.1. The van der Waals surface area contributed by atoms with E-state index < -0.39 is 10.0 Å². The fraction of sp³-hybridized carbons (Fsp3) is 0.929. The van der Waals surface area contributed by atoms with Gasteiger partial charge in [0.15, 0.2) is 0 Å². The predicted octanol–water partition coefficient (Wildman–Crippen LogP) is 3.35. The second-order valence-electron chi connectivity index (χ2n) is 4.95. The third kappa shape index (κ3) is 13.6. The van der Waals surface area contributed by atoms with Crippen LogP contribution in [0.5, 0.6) is 0 Å². The van der Waals surface area contributed by atoms with Gasteiger partial charge in [0, 0.05) is 13.0 Å². The minimum Gasteiger partial charge on any atom is -0.215 e. The van der Waals surface area contributed by atoms with E-state index in [4.69, 9.17) is 5.26 Å². The number of hydrogen-bond acceptors (Lipinski definition) is 3. The fourth-order valence-corrected chi connectivity index (χ4v) is 3.06. The molecule has 4 nitrogen and oxygen atoms in total. The molecule has 0 unspecified atom stereocenters. The Morgan fingerprint density at radius 2 is 1.58 bits per heavy atom. The summed E-state index contributed by atoms with van der Waals surface area (Å²) in [7, 11) is -3.07. The van der Waals surface area contributed by atoms with Crippen molar-refractivity contribution in [1.29, 1.82) is 5.26 Å². The van der Waals surface area contributed by atoms with E-state index in [1.807, 2.05) is 0 Å².